The first-order chi connectivity index (χ1) is 8.07. The van der Waals surface area contributed by atoms with Crippen molar-refractivity contribution in [2.45, 2.75) is 47.0 Å². The van der Waals surface area contributed by atoms with Gasteiger partial charge < -0.3 is 5.73 Å². The van der Waals surface area contributed by atoms with Crippen molar-refractivity contribution in [2.24, 2.45) is 5.73 Å². The summed E-state index contributed by atoms with van der Waals surface area (Å²) in [6.07, 6.45) is 3.36. The second kappa shape index (κ2) is 13.3. The van der Waals surface area contributed by atoms with Crippen LogP contribution in [0.3, 0.4) is 0 Å². The summed E-state index contributed by atoms with van der Waals surface area (Å²) in [7, 11) is 0. The highest BCUT2D eigenvalue weighted by Crippen LogP contribution is 2.13. The molecule has 2 N–H and O–H groups in total. The molecule has 0 amide bonds. The fourth-order valence-electron chi connectivity index (χ4n) is 0.955. The smallest absolute Gasteiger partial charge is 0.0204 e. The van der Waals surface area contributed by atoms with E-state index < -0.39 is 0 Å². The predicted octanol–water partition coefficient (Wildman–Crippen LogP) is 5.43. The van der Waals surface area contributed by atoms with Crippen LogP contribution in [0.1, 0.15) is 45.6 Å². The number of unbranched alkanes of at least 4 members (excludes halogenated alkanes) is 1. The molecule has 0 aliphatic carbocycles. The minimum atomic E-state index is 0.807. The minimum Gasteiger partial charge on any atom is -0.403 e. The molecule has 1 rings (SSSR count). The van der Waals surface area contributed by atoms with Crippen LogP contribution < -0.4 is 5.73 Å². The van der Waals surface area contributed by atoms with E-state index in [2.05, 4.69) is 42.4 Å². The third-order valence-corrected chi connectivity index (χ3v) is 2.82. The third kappa shape index (κ3) is 13.2. The minimum absolute atomic E-state index is 0.807. The SMILES string of the molecule is C=C(N)CCCC.CC.Cc1ccccc1Br. The highest BCUT2D eigenvalue weighted by atomic mass is 79.9. The predicted molar refractivity (Wildman–Crippen MR) is 83.1 cm³/mol. The Balaban J connectivity index is 0. The van der Waals surface area contributed by atoms with Gasteiger partial charge in [-0.05, 0) is 31.4 Å². The van der Waals surface area contributed by atoms with E-state index in [-0.39, 0.29) is 0 Å². The summed E-state index contributed by atoms with van der Waals surface area (Å²) in [5, 5.41) is 0. The van der Waals surface area contributed by atoms with Crippen molar-refractivity contribution < 1.29 is 0 Å². The number of rotatable bonds is 3. The largest absolute Gasteiger partial charge is 0.403 e. The van der Waals surface area contributed by atoms with Gasteiger partial charge in [0.05, 0.1) is 0 Å². The first-order valence-corrected chi connectivity index (χ1v) is 7.01. The number of hydrogen-bond donors (Lipinski definition) is 1. The van der Waals surface area contributed by atoms with Crippen molar-refractivity contribution in [3.8, 4) is 0 Å². The van der Waals surface area contributed by atoms with Crippen molar-refractivity contribution in [1.29, 1.82) is 0 Å². The monoisotopic (exact) mass is 299 g/mol. The first kappa shape index (κ1) is 18.6. The molecule has 0 atom stereocenters. The molecule has 1 aromatic rings. The second-order valence-corrected chi connectivity index (χ2v) is 4.37. The molecule has 0 bridgehead atoms. The lowest BCUT2D eigenvalue weighted by atomic mass is 10.2. The lowest BCUT2D eigenvalue weighted by Gasteiger charge is -1.92. The zero-order chi connectivity index (χ0) is 13.7. The number of allylic oxidation sites excluding steroid dienone is 1. The van der Waals surface area contributed by atoms with E-state index in [9.17, 15) is 0 Å². The van der Waals surface area contributed by atoms with Crippen LogP contribution in [0.25, 0.3) is 0 Å². The van der Waals surface area contributed by atoms with Gasteiger partial charge in [0.25, 0.3) is 0 Å². The van der Waals surface area contributed by atoms with Gasteiger partial charge in [-0.15, -0.1) is 0 Å². The summed E-state index contributed by atoms with van der Waals surface area (Å²) >= 11 is 3.40. The van der Waals surface area contributed by atoms with Crippen LogP contribution in [0.15, 0.2) is 41.0 Å². The molecule has 17 heavy (non-hydrogen) atoms. The molecule has 0 saturated carbocycles. The second-order valence-electron chi connectivity index (χ2n) is 3.51. The van der Waals surface area contributed by atoms with Gasteiger partial charge in [0.15, 0.2) is 0 Å². The fraction of sp³-hybridized carbons (Fsp3) is 0.467. The maximum absolute atomic E-state index is 5.28. The van der Waals surface area contributed by atoms with Crippen molar-refractivity contribution in [1.82, 2.24) is 0 Å². The molecule has 0 aromatic heterocycles. The topological polar surface area (TPSA) is 26.0 Å². The number of aryl methyl sites for hydroxylation is 1. The lowest BCUT2D eigenvalue weighted by molar-refractivity contribution is 0.783. The van der Waals surface area contributed by atoms with Crippen LogP contribution >= 0.6 is 15.9 Å². The van der Waals surface area contributed by atoms with Gasteiger partial charge in [-0.1, -0.05) is 67.9 Å². The number of hydrogen-bond acceptors (Lipinski definition) is 1. The van der Waals surface area contributed by atoms with E-state index in [4.69, 9.17) is 5.73 Å². The molecule has 0 saturated heterocycles. The Hall–Kier alpha value is -0.760. The fourth-order valence-corrected chi connectivity index (χ4v) is 1.24. The lowest BCUT2D eigenvalue weighted by Crippen LogP contribution is -1.92. The Kier molecular flexibility index (Phi) is 14.6. The zero-order valence-corrected chi connectivity index (χ0v) is 13.2. The van der Waals surface area contributed by atoms with E-state index in [0.717, 1.165) is 12.1 Å². The summed E-state index contributed by atoms with van der Waals surface area (Å²) in [6, 6.07) is 8.15. The molecule has 0 heterocycles. The summed E-state index contributed by atoms with van der Waals surface area (Å²) in [5.74, 6) is 0. The molecule has 0 fully saturated rings. The summed E-state index contributed by atoms with van der Waals surface area (Å²) < 4.78 is 1.18. The molecule has 1 nitrogen and oxygen atoms in total. The van der Waals surface area contributed by atoms with Crippen molar-refractivity contribution in [2.75, 3.05) is 0 Å². The van der Waals surface area contributed by atoms with Crippen LogP contribution in [0.5, 0.6) is 0 Å². The van der Waals surface area contributed by atoms with Gasteiger partial charge in [0, 0.05) is 10.2 Å². The number of nitrogens with two attached hydrogens (primary N) is 1. The number of halogens is 1. The van der Waals surface area contributed by atoms with Crippen LogP contribution in [0.2, 0.25) is 0 Å². The van der Waals surface area contributed by atoms with Crippen LogP contribution in [0.4, 0.5) is 0 Å². The molecular weight excluding hydrogens is 274 g/mol. The van der Waals surface area contributed by atoms with Gasteiger partial charge in [0.2, 0.25) is 0 Å². The highest BCUT2D eigenvalue weighted by Gasteiger charge is 1.86. The Bertz CT molecular complexity index is 274. The Morgan fingerprint density at radius 3 is 2.06 bits per heavy atom. The maximum atomic E-state index is 5.28. The quantitative estimate of drug-likeness (QED) is 0.791. The van der Waals surface area contributed by atoms with Gasteiger partial charge >= 0.3 is 0 Å². The molecule has 2 heteroatoms. The molecule has 0 radical (unpaired) electrons. The standard InChI is InChI=1S/C7H7Br.C6H13N.C2H6/c1-6-4-2-3-5-7(6)8;1-3-4-5-6(2)7;1-2/h2-5H,1H3;2-5,7H2,1H3;1-2H3. The van der Waals surface area contributed by atoms with E-state index in [1.807, 2.05) is 32.0 Å². The Morgan fingerprint density at radius 1 is 1.29 bits per heavy atom. The van der Waals surface area contributed by atoms with E-state index >= 15 is 0 Å². The van der Waals surface area contributed by atoms with Gasteiger partial charge in [-0.25, -0.2) is 0 Å². The van der Waals surface area contributed by atoms with Crippen molar-refractivity contribution in [3.63, 3.8) is 0 Å². The van der Waals surface area contributed by atoms with E-state index in [1.54, 1.807) is 0 Å². The van der Waals surface area contributed by atoms with E-state index in [0.29, 0.717) is 0 Å². The van der Waals surface area contributed by atoms with Gasteiger partial charge in [-0.2, -0.15) is 0 Å². The van der Waals surface area contributed by atoms with E-state index in [1.165, 1.54) is 22.9 Å². The summed E-state index contributed by atoms with van der Waals surface area (Å²) in [4.78, 5) is 0. The van der Waals surface area contributed by atoms with Crippen LogP contribution in [0, 0.1) is 6.92 Å². The average Bonchev–Trinajstić information content (AvgIpc) is 2.34. The van der Waals surface area contributed by atoms with Crippen molar-refractivity contribution >= 4 is 15.9 Å². The maximum Gasteiger partial charge on any atom is 0.0204 e. The summed E-state index contributed by atoms with van der Waals surface area (Å²) in [5.41, 5.74) is 7.38. The Labute approximate surface area is 115 Å². The molecule has 0 aliphatic heterocycles. The third-order valence-electron chi connectivity index (χ3n) is 1.93. The van der Waals surface area contributed by atoms with Gasteiger partial charge in [0.1, 0.15) is 0 Å². The molecular formula is C15H26BrN. The van der Waals surface area contributed by atoms with Crippen LogP contribution in [-0.4, -0.2) is 0 Å². The highest BCUT2D eigenvalue weighted by molar-refractivity contribution is 9.10. The van der Waals surface area contributed by atoms with Gasteiger partial charge in [-0.3, -0.25) is 0 Å². The normalized spacial score (nSPS) is 8.29. The first-order valence-electron chi connectivity index (χ1n) is 6.22. The molecule has 0 spiro atoms. The number of benzene rings is 1. The average molecular weight is 300 g/mol. The Morgan fingerprint density at radius 2 is 1.82 bits per heavy atom. The zero-order valence-electron chi connectivity index (χ0n) is 11.6. The van der Waals surface area contributed by atoms with Crippen molar-refractivity contribution in [3.05, 3.63) is 46.6 Å². The molecule has 0 aliphatic rings. The molecule has 98 valence electrons. The van der Waals surface area contributed by atoms with Crippen LogP contribution in [-0.2, 0) is 0 Å². The molecule has 1 aromatic carbocycles. The molecule has 0 unspecified atom stereocenters. The summed E-state index contributed by atoms with van der Waals surface area (Å²) in [6.45, 7) is 11.8.